The standard InChI is InChI=1S/C21H28N2O6S2/c1-15(2)29-19-8-6-7-18(13-19)23(31(5,27)28)14-21(24)22-16(3)17-9-11-20(12-10-17)30(4,25)26/h6-13,15-16H,14H2,1-5H3,(H,22,24)/t16-/m0/s1. The van der Waals surface area contributed by atoms with E-state index in [1.807, 2.05) is 13.8 Å². The van der Waals surface area contributed by atoms with Crippen LogP contribution in [0.25, 0.3) is 0 Å². The van der Waals surface area contributed by atoms with Crippen LogP contribution < -0.4 is 14.4 Å². The van der Waals surface area contributed by atoms with E-state index in [1.165, 1.54) is 12.1 Å². The van der Waals surface area contributed by atoms with Crippen molar-refractivity contribution in [2.75, 3.05) is 23.4 Å². The Labute approximate surface area is 184 Å². The molecule has 31 heavy (non-hydrogen) atoms. The van der Waals surface area contributed by atoms with Gasteiger partial charge in [0.15, 0.2) is 9.84 Å². The van der Waals surface area contributed by atoms with E-state index in [2.05, 4.69) is 5.32 Å². The molecule has 0 aliphatic carbocycles. The minimum atomic E-state index is -3.73. The van der Waals surface area contributed by atoms with Crippen LogP contribution in [0.4, 0.5) is 5.69 Å². The predicted octanol–water partition coefficient (Wildman–Crippen LogP) is 2.52. The van der Waals surface area contributed by atoms with Gasteiger partial charge in [0, 0.05) is 12.3 Å². The number of nitrogens with zero attached hydrogens (tertiary/aromatic N) is 1. The van der Waals surface area contributed by atoms with Crippen LogP contribution in [0.15, 0.2) is 53.4 Å². The van der Waals surface area contributed by atoms with E-state index in [0.717, 1.165) is 16.8 Å². The smallest absolute Gasteiger partial charge is 0.241 e. The van der Waals surface area contributed by atoms with Crippen molar-refractivity contribution in [3.8, 4) is 5.75 Å². The fourth-order valence-electron chi connectivity index (χ4n) is 2.89. The monoisotopic (exact) mass is 468 g/mol. The molecule has 0 aliphatic rings. The molecule has 8 nitrogen and oxygen atoms in total. The molecule has 0 aromatic heterocycles. The average Bonchev–Trinajstić information content (AvgIpc) is 2.64. The molecule has 0 aliphatic heterocycles. The summed E-state index contributed by atoms with van der Waals surface area (Å²) >= 11 is 0. The molecule has 1 atom stereocenters. The first kappa shape index (κ1) is 24.7. The van der Waals surface area contributed by atoms with Gasteiger partial charge in [-0.3, -0.25) is 9.10 Å². The van der Waals surface area contributed by atoms with Crippen LogP contribution >= 0.6 is 0 Å². The summed E-state index contributed by atoms with van der Waals surface area (Å²) in [5.41, 5.74) is 1.01. The third kappa shape index (κ3) is 7.25. The first-order valence-corrected chi connectivity index (χ1v) is 13.3. The fourth-order valence-corrected chi connectivity index (χ4v) is 4.37. The molecule has 2 rings (SSSR count). The van der Waals surface area contributed by atoms with Gasteiger partial charge in [-0.05, 0) is 50.6 Å². The molecule has 2 aromatic rings. The highest BCUT2D eigenvalue weighted by atomic mass is 32.2. The van der Waals surface area contributed by atoms with Crippen molar-refractivity contribution >= 4 is 31.5 Å². The van der Waals surface area contributed by atoms with E-state index >= 15 is 0 Å². The van der Waals surface area contributed by atoms with Gasteiger partial charge in [-0.2, -0.15) is 0 Å². The van der Waals surface area contributed by atoms with Crippen LogP contribution in [0.5, 0.6) is 5.75 Å². The maximum absolute atomic E-state index is 12.6. The van der Waals surface area contributed by atoms with Gasteiger partial charge >= 0.3 is 0 Å². The second-order valence-electron chi connectivity index (χ2n) is 7.56. The fraction of sp³-hybridized carbons (Fsp3) is 0.381. The number of sulfone groups is 1. The van der Waals surface area contributed by atoms with Crippen molar-refractivity contribution in [1.82, 2.24) is 5.32 Å². The Balaban J connectivity index is 2.16. The molecule has 0 saturated carbocycles. The van der Waals surface area contributed by atoms with Crippen LogP contribution in [0.3, 0.4) is 0 Å². The number of amides is 1. The molecule has 0 bridgehead atoms. The van der Waals surface area contributed by atoms with Gasteiger partial charge in [-0.15, -0.1) is 0 Å². The summed E-state index contributed by atoms with van der Waals surface area (Å²) in [6.45, 7) is 5.04. The summed E-state index contributed by atoms with van der Waals surface area (Å²) in [7, 11) is -7.04. The van der Waals surface area contributed by atoms with E-state index in [9.17, 15) is 21.6 Å². The van der Waals surface area contributed by atoms with Crippen molar-refractivity contribution in [2.24, 2.45) is 0 Å². The first-order valence-electron chi connectivity index (χ1n) is 9.61. The molecular weight excluding hydrogens is 440 g/mol. The van der Waals surface area contributed by atoms with Crippen LogP contribution in [-0.4, -0.2) is 47.9 Å². The molecule has 170 valence electrons. The predicted molar refractivity (Wildman–Crippen MR) is 121 cm³/mol. The second-order valence-corrected chi connectivity index (χ2v) is 11.5. The van der Waals surface area contributed by atoms with E-state index in [1.54, 1.807) is 43.3 Å². The summed E-state index contributed by atoms with van der Waals surface area (Å²) < 4.78 is 54.5. The lowest BCUT2D eigenvalue weighted by atomic mass is 10.1. The molecule has 0 unspecified atom stereocenters. The first-order chi connectivity index (χ1) is 14.3. The molecule has 0 fully saturated rings. The number of hydrogen-bond donors (Lipinski definition) is 1. The maximum Gasteiger partial charge on any atom is 0.241 e. The third-order valence-corrected chi connectivity index (χ3v) is 6.62. The van der Waals surface area contributed by atoms with Crippen LogP contribution in [0.2, 0.25) is 0 Å². The van der Waals surface area contributed by atoms with Gasteiger partial charge in [0.1, 0.15) is 12.3 Å². The van der Waals surface area contributed by atoms with Gasteiger partial charge in [0.2, 0.25) is 15.9 Å². The van der Waals surface area contributed by atoms with E-state index in [4.69, 9.17) is 4.74 Å². The zero-order chi connectivity index (χ0) is 23.4. The molecule has 1 amide bonds. The molecule has 0 radical (unpaired) electrons. The highest BCUT2D eigenvalue weighted by Gasteiger charge is 2.22. The van der Waals surface area contributed by atoms with E-state index < -0.39 is 38.4 Å². The minimum Gasteiger partial charge on any atom is -0.491 e. The molecular formula is C21H28N2O6S2. The number of carbonyl (C=O) groups is 1. The van der Waals surface area contributed by atoms with Crippen LogP contribution in [-0.2, 0) is 24.7 Å². The van der Waals surface area contributed by atoms with Crippen LogP contribution in [0.1, 0.15) is 32.4 Å². The number of carbonyl (C=O) groups excluding carboxylic acids is 1. The lowest BCUT2D eigenvalue weighted by Crippen LogP contribution is -2.41. The number of ether oxygens (including phenoxy) is 1. The normalized spacial score (nSPS) is 13.0. The van der Waals surface area contributed by atoms with Crippen molar-refractivity contribution in [3.05, 3.63) is 54.1 Å². The Morgan fingerprint density at radius 2 is 1.61 bits per heavy atom. The van der Waals surface area contributed by atoms with E-state index in [-0.39, 0.29) is 11.0 Å². The zero-order valence-corrected chi connectivity index (χ0v) is 19.8. The SMILES string of the molecule is CC(C)Oc1cccc(N(CC(=O)N[C@@H](C)c2ccc(S(C)(=O)=O)cc2)S(C)(=O)=O)c1. The Kier molecular flexibility index (Phi) is 7.72. The maximum atomic E-state index is 12.6. The Morgan fingerprint density at radius 3 is 2.13 bits per heavy atom. The summed E-state index contributed by atoms with van der Waals surface area (Å²) in [6.07, 6.45) is 2.07. The quantitative estimate of drug-likeness (QED) is 0.606. The number of sulfonamides is 1. The minimum absolute atomic E-state index is 0.0832. The zero-order valence-electron chi connectivity index (χ0n) is 18.2. The molecule has 2 aromatic carbocycles. The van der Waals surface area contributed by atoms with Gasteiger partial charge in [0.05, 0.1) is 29.0 Å². The van der Waals surface area contributed by atoms with Crippen molar-refractivity contribution in [3.63, 3.8) is 0 Å². The lowest BCUT2D eigenvalue weighted by molar-refractivity contribution is -0.120. The van der Waals surface area contributed by atoms with E-state index in [0.29, 0.717) is 17.0 Å². The average molecular weight is 469 g/mol. The summed E-state index contributed by atoms with van der Waals surface area (Å²) in [5.74, 6) is 0.00110. The lowest BCUT2D eigenvalue weighted by Gasteiger charge is -2.24. The largest absolute Gasteiger partial charge is 0.491 e. The molecule has 10 heteroatoms. The molecule has 1 N–H and O–H groups in total. The highest BCUT2D eigenvalue weighted by Crippen LogP contribution is 2.24. The number of hydrogen-bond acceptors (Lipinski definition) is 6. The van der Waals surface area contributed by atoms with Gasteiger partial charge in [-0.1, -0.05) is 18.2 Å². The third-order valence-electron chi connectivity index (χ3n) is 4.35. The van der Waals surface area contributed by atoms with Crippen molar-refractivity contribution < 1.29 is 26.4 Å². The summed E-state index contributed by atoms with van der Waals surface area (Å²) in [6, 6.07) is 12.3. The van der Waals surface area contributed by atoms with Crippen molar-refractivity contribution in [1.29, 1.82) is 0 Å². The molecule has 0 spiro atoms. The van der Waals surface area contributed by atoms with Gasteiger partial charge < -0.3 is 10.1 Å². The number of benzene rings is 2. The van der Waals surface area contributed by atoms with Gasteiger partial charge in [0.25, 0.3) is 0 Å². The van der Waals surface area contributed by atoms with Crippen LogP contribution in [0, 0.1) is 0 Å². The Bertz CT molecular complexity index is 1130. The number of anilines is 1. The molecule has 0 saturated heterocycles. The van der Waals surface area contributed by atoms with Gasteiger partial charge in [-0.25, -0.2) is 16.8 Å². The Hall–Kier alpha value is -2.59. The second kappa shape index (κ2) is 9.69. The Morgan fingerprint density at radius 1 is 1.00 bits per heavy atom. The van der Waals surface area contributed by atoms with Crippen molar-refractivity contribution in [2.45, 2.75) is 37.8 Å². The molecule has 0 heterocycles. The topological polar surface area (TPSA) is 110 Å². The highest BCUT2D eigenvalue weighted by molar-refractivity contribution is 7.92. The number of rotatable bonds is 9. The summed E-state index contributed by atoms with van der Waals surface area (Å²) in [5, 5.41) is 2.75. The summed E-state index contributed by atoms with van der Waals surface area (Å²) in [4.78, 5) is 12.8. The number of nitrogens with one attached hydrogen (secondary N) is 1.